The predicted octanol–water partition coefficient (Wildman–Crippen LogP) is -0.789. The molecule has 2 rings (SSSR count). The van der Waals surface area contributed by atoms with Gasteiger partial charge in [0.1, 0.15) is 18.1 Å². The van der Waals surface area contributed by atoms with E-state index in [9.17, 15) is 29.4 Å². The number of carboxylic acid groups (broad SMARTS) is 1. The van der Waals surface area contributed by atoms with Crippen molar-refractivity contribution in [1.29, 1.82) is 0 Å². The lowest BCUT2D eigenvalue weighted by Crippen LogP contribution is -2.59. The zero-order valence-corrected chi connectivity index (χ0v) is 17.9. The lowest BCUT2D eigenvalue weighted by Gasteiger charge is -2.31. The Hall–Kier alpha value is -2.20. The molecule has 0 spiro atoms. The van der Waals surface area contributed by atoms with Gasteiger partial charge in [-0.2, -0.15) is 0 Å². The molecule has 170 valence electrons. The highest BCUT2D eigenvalue weighted by Gasteiger charge is 2.41. The van der Waals surface area contributed by atoms with Crippen LogP contribution in [0.4, 0.5) is 0 Å². The second kappa shape index (κ2) is 10.7. The van der Waals surface area contributed by atoms with Gasteiger partial charge in [-0.05, 0) is 45.1 Å². The molecular formula is C20H34N4O6. The molecule has 0 radical (unpaired) electrons. The first-order chi connectivity index (χ1) is 14.2. The van der Waals surface area contributed by atoms with Gasteiger partial charge in [-0.25, -0.2) is 4.79 Å². The zero-order chi connectivity index (χ0) is 22.4. The summed E-state index contributed by atoms with van der Waals surface area (Å²) in [5, 5.41) is 27.8. The summed E-state index contributed by atoms with van der Waals surface area (Å²) in [7, 11) is 0. The number of hydrogen-bond donors (Lipinski definition) is 5. The molecule has 2 saturated heterocycles. The minimum Gasteiger partial charge on any atom is -0.480 e. The third-order valence-electron chi connectivity index (χ3n) is 6.04. The molecule has 10 nitrogen and oxygen atoms in total. The first-order valence-corrected chi connectivity index (χ1v) is 10.7. The van der Waals surface area contributed by atoms with Crippen molar-refractivity contribution in [2.75, 3.05) is 13.1 Å². The fourth-order valence-electron chi connectivity index (χ4n) is 3.97. The quantitative estimate of drug-likeness (QED) is 0.324. The van der Waals surface area contributed by atoms with Gasteiger partial charge in [0.15, 0.2) is 0 Å². The van der Waals surface area contributed by atoms with E-state index >= 15 is 0 Å². The number of hydrogen-bond acceptors (Lipinski definition) is 6. The van der Waals surface area contributed by atoms with Crippen LogP contribution in [0, 0.1) is 5.92 Å². The zero-order valence-electron chi connectivity index (χ0n) is 17.9. The summed E-state index contributed by atoms with van der Waals surface area (Å²) in [5.41, 5.74) is 0. The summed E-state index contributed by atoms with van der Waals surface area (Å²) in [6, 6.07) is -3.44. The molecule has 5 N–H and O–H groups in total. The fourth-order valence-corrected chi connectivity index (χ4v) is 3.97. The third-order valence-corrected chi connectivity index (χ3v) is 6.04. The van der Waals surface area contributed by atoms with Crippen molar-refractivity contribution in [3.8, 4) is 0 Å². The normalized spacial score (nSPS) is 25.3. The molecular weight excluding hydrogens is 392 g/mol. The largest absolute Gasteiger partial charge is 0.480 e. The number of carbonyl (C=O) groups is 4. The molecule has 2 heterocycles. The maximum Gasteiger partial charge on any atom is 0.326 e. The van der Waals surface area contributed by atoms with E-state index < -0.39 is 48.1 Å². The standard InChI is InChI=1S/C20H34N4O6/c1-4-11(2)15(20(29)30)22-18(27)14-8-6-10-24(14)19(28)16(12(3)25)23-17(26)13-7-5-9-21-13/h11-16,21,25H,4-10H2,1-3H3,(H,22,27)(H,23,26)(H,29,30). The lowest BCUT2D eigenvalue weighted by molar-refractivity contribution is -0.147. The number of aliphatic hydroxyl groups is 1. The highest BCUT2D eigenvalue weighted by atomic mass is 16.4. The van der Waals surface area contributed by atoms with E-state index in [1.807, 2.05) is 6.92 Å². The van der Waals surface area contributed by atoms with Crippen molar-refractivity contribution in [3.63, 3.8) is 0 Å². The number of amides is 3. The Morgan fingerprint density at radius 1 is 1.07 bits per heavy atom. The smallest absolute Gasteiger partial charge is 0.326 e. The number of aliphatic hydroxyl groups excluding tert-OH is 1. The van der Waals surface area contributed by atoms with Crippen LogP contribution in [0.25, 0.3) is 0 Å². The molecule has 0 aromatic carbocycles. The van der Waals surface area contributed by atoms with Crippen molar-refractivity contribution in [2.24, 2.45) is 5.92 Å². The molecule has 3 amide bonds. The molecule has 0 aliphatic carbocycles. The van der Waals surface area contributed by atoms with E-state index in [0.29, 0.717) is 32.2 Å². The monoisotopic (exact) mass is 426 g/mol. The molecule has 6 atom stereocenters. The van der Waals surface area contributed by atoms with Crippen LogP contribution >= 0.6 is 0 Å². The van der Waals surface area contributed by atoms with Crippen LogP contribution in [-0.2, 0) is 19.2 Å². The Labute approximate surface area is 176 Å². The van der Waals surface area contributed by atoms with Crippen LogP contribution in [-0.4, -0.2) is 82.2 Å². The number of likely N-dealkylation sites (tertiary alicyclic amines) is 1. The molecule has 30 heavy (non-hydrogen) atoms. The van der Waals surface area contributed by atoms with Gasteiger partial charge in [0.2, 0.25) is 17.7 Å². The van der Waals surface area contributed by atoms with Crippen LogP contribution in [0.5, 0.6) is 0 Å². The SMILES string of the molecule is CCC(C)C(NC(=O)C1CCCN1C(=O)C(NC(=O)C1CCCN1)C(C)O)C(=O)O. The predicted molar refractivity (Wildman–Crippen MR) is 108 cm³/mol. The number of nitrogens with zero attached hydrogens (tertiary/aromatic N) is 1. The number of aliphatic carboxylic acids is 1. The number of carboxylic acids is 1. The first kappa shape index (κ1) is 24.1. The van der Waals surface area contributed by atoms with Crippen LogP contribution in [0.15, 0.2) is 0 Å². The number of nitrogens with one attached hydrogen (secondary N) is 3. The Kier molecular flexibility index (Phi) is 8.60. The molecule has 2 fully saturated rings. The Morgan fingerprint density at radius 2 is 1.73 bits per heavy atom. The molecule has 0 saturated carbocycles. The van der Waals surface area contributed by atoms with Gasteiger partial charge in [-0.15, -0.1) is 0 Å². The summed E-state index contributed by atoms with van der Waals surface area (Å²) in [6.07, 6.45) is 1.94. The highest BCUT2D eigenvalue weighted by molar-refractivity contribution is 5.94. The first-order valence-electron chi connectivity index (χ1n) is 10.7. The maximum absolute atomic E-state index is 13.1. The van der Waals surface area contributed by atoms with E-state index in [4.69, 9.17) is 0 Å². The van der Waals surface area contributed by atoms with Crippen molar-refractivity contribution >= 4 is 23.7 Å². The molecule has 6 unspecified atom stereocenters. The molecule has 0 aromatic heterocycles. The summed E-state index contributed by atoms with van der Waals surface area (Å²) in [5.74, 6) is -2.80. The summed E-state index contributed by atoms with van der Waals surface area (Å²) >= 11 is 0. The van der Waals surface area contributed by atoms with Gasteiger partial charge in [0, 0.05) is 6.54 Å². The minimum absolute atomic E-state index is 0.264. The van der Waals surface area contributed by atoms with Crippen LogP contribution in [0.3, 0.4) is 0 Å². The highest BCUT2D eigenvalue weighted by Crippen LogP contribution is 2.20. The van der Waals surface area contributed by atoms with E-state index in [2.05, 4.69) is 16.0 Å². The Balaban J connectivity index is 2.08. The Morgan fingerprint density at radius 3 is 2.27 bits per heavy atom. The molecule has 10 heteroatoms. The van der Waals surface area contributed by atoms with Gasteiger partial charge in [0.05, 0.1) is 12.1 Å². The average molecular weight is 427 g/mol. The van der Waals surface area contributed by atoms with Crippen LogP contribution in [0.2, 0.25) is 0 Å². The second-order valence-corrected chi connectivity index (χ2v) is 8.28. The van der Waals surface area contributed by atoms with Gasteiger partial charge < -0.3 is 31.1 Å². The molecule has 2 aliphatic rings. The number of rotatable bonds is 9. The van der Waals surface area contributed by atoms with Crippen LogP contribution in [0.1, 0.15) is 52.9 Å². The van der Waals surface area contributed by atoms with Crippen molar-refractivity contribution in [1.82, 2.24) is 20.9 Å². The maximum atomic E-state index is 13.1. The van der Waals surface area contributed by atoms with Crippen molar-refractivity contribution in [2.45, 2.75) is 83.1 Å². The lowest BCUT2D eigenvalue weighted by atomic mass is 9.98. The van der Waals surface area contributed by atoms with Gasteiger partial charge in [0.25, 0.3) is 0 Å². The van der Waals surface area contributed by atoms with Crippen molar-refractivity contribution < 1.29 is 29.4 Å². The van der Waals surface area contributed by atoms with E-state index in [0.717, 1.165) is 13.0 Å². The van der Waals surface area contributed by atoms with Gasteiger partial charge in [-0.1, -0.05) is 20.3 Å². The number of carbonyl (C=O) groups excluding carboxylic acids is 3. The van der Waals surface area contributed by atoms with Crippen molar-refractivity contribution in [3.05, 3.63) is 0 Å². The Bertz CT molecular complexity index is 649. The molecule has 0 aromatic rings. The summed E-state index contributed by atoms with van der Waals surface area (Å²) in [4.78, 5) is 51.2. The molecule has 0 bridgehead atoms. The van der Waals surface area contributed by atoms with Gasteiger partial charge >= 0.3 is 5.97 Å². The fraction of sp³-hybridized carbons (Fsp3) is 0.800. The minimum atomic E-state index is -1.17. The van der Waals surface area contributed by atoms with Gasteiger partial charge in [-0.3, -0.25) is 14.4 Å². The summed E-state index contributed by atoms with van der Waals surface area (Å²) in [6.45, 7) is 6.03. The summed E-state index contributed by atoms with van der Waals surface area (Å²) < 4.78 is 0. The van der Waals surface area contributed by atoms with E-state index in [1.54, 1.807) is 6.92 Å². The molecule has 2 aliphatic heterocycles. The third kappa shape index (κ3) is 5.69. The van der Waals surface area contributed by atoms with E-state index in [-0.39, 0.29) is 11.8 Å². The van der Waals surface area contributed by atoms with Crippen LogP contribution < -0.4 is 16.0 Å². The second-order valence-electron chi connectivity index (χ2n) is 8.28. The average Bonchev–Trinajstić information content (AvgIpc) is 3.40. The topological polar surface area (TPSA) is 148 Å². The van der Waals surface area contributed by atoms with E-state index in [1.165, 1.54) is 11.8 Å².